The van der Waals surface area contributed by atoms with Gasteiger partial charge in [-0.3, -0.25) is 9.80 Å². The summed E-state index contributed by atoms with van der Waals surface area (Å²) >= 11 is 0. The Morgan fingerprint density at radius 1 is 1.48 bits per heavy atom. The molecular formula is C14H16N2O5. The zero-order chi connectivity index (χ0) is 15.1. The normalized spacial score (nSPS) is 24.2. The third-order valence-corrected chi connectivity index (χ3v) is 3.87. The first-order valence-corrected chi connectivity index (χ1v) is 6.75. The van der Waals surface area contributed by atoms with E-state index in [2.05, 4.69) is 0 Å². The van der Waals surface area contributed by atoms with E-state index in [1.807, 2.05) is 13.0 Å². The quantitative estimate of drug-likeness (QED) is 0.860. The van der Waals surface area contributed by atoms with Crippen LogP contribution in [0.25, 0.3) is 0 Å². The van der Waals surface area contributed by atoms with Gasteiger partial charge in [-0.15, -0.1) is 0 Å². The van der Waals surface area contributed by atoms with Gasteiger partial charge in [0.1, 0.15) is 6.10 Å². The van der Waals surface area contributed by atoms with Gasteiger partial charge in [-0.2, -0.15) is 0 Å². The number of amides is 2. The van der Waals surface area contributed by atoms with Gasteiger partial charge in [-0.1, -0.05) is 0 Å². The van der Waals surface area contributed by atoms with Crippen LogP contribution < -0.4 is 9.80 Å². The molecule has 0 aliphatic carbocycles. The van der Waals surface area contributed by atoms with Crippen molar-refractivity contribution in [3.8, 4) is 0 Å². The molecule has 0 aromatic heterocycles. The molecule has 2 atom stereocenters. The highest BCUT2D eigenvalue weighted by Gasteiger charge is 2.35. The van der Waals surface area contributed by atoms with Crippen molar-refractivity contribution in [1.29, 1.82) is 0 Å². The van der Waals surface area contributed by atoms with Crippen LogP contribution in [0.4, 0.5) is 21.0 Å². The van der Waals surface area contributed by atoms with Crippen molar-refractivity contribution < 1.29 is 24.5 Å². The van der Waals surface area contributed by atoms with Gasteiger partial charge >= 0.3 is 12.2 Å². The highest BCUT2D eigenvalue weighted by atomic mass is 16.6. The number of carbonyl (C=O) groups excluding carboxylic acids is 1. The number of carboxylic acid groups (broad SMARTS) is 1. The summed E-state index contributed by atoms with van der Waals surface area (Å²) < 4.78 is 5.01. The highest BCUT2D eigenvalue weighted by molar-refractivity contribution is 5.93. The summed E-state index contributed by atoms with van der Waals surface area (Å²) in [5, 5.41) is 18.3. The van der Waals surface area contributed by atoms with Gasteiger partial charge in [-0.05, 0) is 37.1 Å². The third-order valence-electron chi connectivity index (χ3n) is 3.87. The van der Waals surface area contributed by atoms with Gasteiger partial charge in [0.15, 0.2) is 0 Å². The summed E-state index contributed by atoms with van der Waals surface area (Å²) in [6, 6.07) is 5.11. The fourth-order valence-corrected chi connectivity index (χ4v) is 2.90. The smallest absolute Gasteiger partial charge is 0.414 e. The van der Waals surface area contributed by atoms with Crippen molar-refractivity contribution in [2.75, 3.05) is 23.0 Å². The van der Waals surface area contributed by atoms with Crippen LogP contribution >= 0.6 is 0 Å². The van der Waals surface area contributed by atoms with Crippen LogP contribution in [-0.2, 0) is 11.2 Å². The van der Waals surface area contributed by atoms with E-state index in [1.165, 1.54) is 9.80 Å². The number of rotatable bonds is 2. The summed E-state index contributed by atoms with van der Waals surface area (Å²) in [6.45, 7) is 1.93. The maximum absolute atomic E-state index is 11.8. The van der Waals surface area contributed by atoms with Crippen molar-refractivity contribution in [3.63, 3.8) is 0 Å². The minimum atomic E-state index is -0.977. The molecule has 2 N–H and O–H groups in total. The van der Waals surface area contributed by atoms with E-state index in [0.29, 0.717) is 24.3 Å². The van der Waals surface area contributed by atoms with Gasteiger partial charge in [0.05, 0.1) is 18.8 Å². The first-order valence-electron chi connectivity index (χ1n) is 6.75. The zero-order valence-electron chi connectivity index (χ0n) is 11.5. The van der Waals surface area contributed by atoms with Gasteiger partial charge in [-0.25, -0.2) is 9.59 Å². The van der Waals surface area contributed by atoms with Crippen LogP contribution in [0.1, 0.15) is 12.5 Å². The molecule has 7 nitrogen and oxygen atoms in total. The Kier molecular flexibility index (Phi) is 3.21. The maximum atomic E-state index is 11.8. The Morgan fingerprint density at radius 2 is 2.24 bits per heavy atom. The molecule has 21 heavy (non-hydrogen) atoms. The van der Waals surface area contributed by atoms with Gasteiger partial charge in [0.25, 0.3) is 0 Å². The topological polar surface area (TPSA) is 90.3 Å². The summed E-state index contributed by atoms with van der Waals surface area (Å²) in [5.74, 6) is 0. The highest BCUT2D eigenvalue weighted by Crippen LogP contribution is 2.35. The fraction of sp³-hybridized carbons (Fsp3) is 0.429. The first kappa shape index (κ1) is 13.7. The van der Waals surface area contributed by atoms with E-state index in [-0.39, 0.29) is 12.6 Å². The van der Waals surface area contributed by atoms with Crippen LogP contribution in [0.15, 0.2) is 18.2 Å². The Morgan fingerprint density at radius 3 is 2.86 bits per heavy atom. The second-order valence-electron chi connectivity index (χ2n) is 5.32. The maximum Gasteiger partial charge on any atom is 0.414 e. The number of anilines is 2. The number of benzene rings is 1. The number of hydrogen-bond donors (Lipinski definition) is 2. The molecule has 0 radical (unpaired) electrons. The molecule has 7 heteroatoms. The van der Waals surface area contributed by atoms with E-state index >= 15 is 0 Å². The Bertz CT molecular complexity index is 603. The van der Waals surface area contributed by atoms with E-state index in [9.17, 15) is 14.7 Å². The molecule has 1 aromatic carbocycles. The molecule has 112 valence electrons. The van der Waals surface area contributed by atoms with Crippen LogP contribution in [0.3, 0.4) is 0 Å². The number of cyclic esters (lactones) is 1. The standard InChI is InChI=1S/C14H16N2O5/c1-8-4-9-5-10(2-3-12(9)16(8)13(18)19)15-6-11(7-17)21-14(15)20/h2-3,5,8,11,17H,4,6-7H2,1H3,(H,18,19)/t8-,11-/m1/s1. The molecule has 2 aliphatic rings. The van der Waals surface area contributed by atoms with Crippen molar-refractivity contribution >= 4 is 23.6 Å². The van der Waals surface area contributed by atoms with Crippen molar-refractivity contribution in [1.82, 2.24) is 0 Å². The molecule has 1 fully saturated rings. The molecule has 0 spiro atoms. The summed E-state index contributed by atoms with van der Waals surface area (Å²) in [4.78, 5) is 25.8. The predicted octanol–water partition coefficient (Wildman–Crippen LogP) is 1.43. The zero-order valence-corrected chi connectivity index (χ0v) is 11.5. The summed E-state index contributed by atoms with van der Waals surface area (Å²) in [5.41, 5.74) is 2.21. The van der Waals surface area contributed by atoms with E-state index in [0.717, 1.165) is 5.56 Å². The Labute approximate surface area is 121 Å². The minimum absolute atomic E-state index is 0.122. The second-order valence-corrected chi connectivity index (χ2v) is 5.32. The number of nitrogens with zero attached hydrogens (tertiary/aromatic N) is 2. The third kappa shape index (κ3) is 2.19. The molecule has 1 saturated heterocycles. The predicted molar refractivity (Wildman–Crippen MR) is 74.8 cm³/mol. The lowest BCUT2D eigenvalue weighted by Crippen LogP contribution is -2.34. The van der Waals surface area contributed by atoms with Gasteiger partial charge < -0.3 is 14.9 Å². The van der Waals surface area contributed by atoms with E-state index in [1.54, 1.807) is 12.1 Å². The van der Waals surface area contributed by atoms with Crippen molar-refractivity contribution in [2.24, 2.45) is 0 Å². The van der Waals surface area contributed by atoms with Crippen LogP contribution in [0.5, 0.6) is 0 Å². The lowest BCUT2D eigenvalue weighted by atomic mass is 10.1. The SMILES string of the molecule is C[C@@H]1Cc2cc(N3C[C@H](CO)OC3=O)ccc2N1C(=O)O. The van der Waals surface area contributed by atoms with Crippen molar-refractivity contribution in [2.45, 2.75) is 25.5 Å². The first-order chi connectivity index (χ1) is 10.0. The van der Waals surface area contributed by atoms with E-state index in [4.69, 9.17) is 9.84 Å². The van der Waals surface area contributed by atoms with Crippen LogP contribution in [-0.4, -0.2) is 47.7 Å². The molecule has 2 aliphatic heterocycles. The molecule has 0 unspecified atom stereocenters. The Hall–Kier alpha value is -2.28. The molecule has 3 rings (SSSR count). The molecule has 0 bridgehead atoms. The van der Waals surface area contributed by atoms with E-state index < -0.39 is 18.3 Å². The van der Waals surface area contributed by atoms with Gasteiger partial charge in [0.2, 0.25) is 0 Å². The summed E-state index contributed by atoms with van der Waals surface area (Å²) in [6.07, 6.45) is -1.37. The van der Waals surface area contributed by atoms with Crippen LogP contribution in [0.2, 0.25) is 0 Å². The lowest BCUT2D eigenvalue weighted by Gasteiger charge is -2.19. The van der Waals surface area contributed by atoms with Crippen molar-refractivity contribution in [3.05, 3.63) is 23.8 Å². The average molecular weight is 292 g/mol. The van der Waals surface area contributed by atoms with Gasteiger partial charge in [0, 0.05) is 11.7 Å². The largest absolute Gasteiger partial charge is 0.465 e. The monoisotopic (exact) mass is 292 g/mol. The Balaban J connectivity index is 1.90. The number of aliphatic hydroxyl groups is 1. The minimum Gasteiger partial charge on any atom is -0.465 e. The number of fused-ring (bicyclic) bond motifs is 1. The second kappa shape index (κ2) is 4.92. The number of aliphatic hydroxyl groups excluding tert-OH is 1. The number of ether oxygens (including phenoxy) is 1. The summed E-state index contributed by atoms with van der Waals surface area (Å²) in [7, 11) is 0. The van der Waals surface area contributed by atoms with Crippen LogP contribution in [0, 0.1) is 0 Å². The fourth-order valence-electron chi connectivity index (χ4n) is 2.90. The molecule has 1 aromatic rings. The molecule has 2 amide bonds. The molecular weight excluding hydrogens is 276 g/mol. The molecule has 0 saturated carbocycles. The number of carbonyl (C=O) groups is 2. The average Bonchev–Trinajstić information content (AvgIpc) is 2.96. The number of hydrogen-bond acceptors (Lipinski definition) is 4. The molecule has 2 heterocycles. The lowest BCUT2D eigenvalue weighted by molar-refractivity contribution is 0.0963.